The zero-order chi connectivity index (χ0) is 19.1. The molecule has 1 aliphatic heterocycles. The number of likely N-dealkylation sites (N-methyl/N-ethyl adjacent to an activating group) is 1. The highest BCUT2D eigenvalue weighted by molar-refractivity contribution is 6.02. The molecule has 1 aromatic heterocycles. The molecule has 8 heteroatoms. The molecule has 3 N–H and O–H groups in total. The lowest BCUT2D eigenvalue weighted by atomic mass is 10.1. The summed E-state index contributed by atoms with van der Waals surface area (Å²) in [7, 11) is 0. The van der Waals surface area contributed by atoms with Gasteiger partial charge in [0.2, 0.25) is 0 Å². The van der Waals surface area contributed by atoms with Gasteiger partial charge in [-0.2, -0.15) is 5.10 Å². The van der Waals surface area contributed by atoms with Crippen molar-refractivity contribution in [2.75, 3.05) is 31.6 Å². The first-order chi connectivity index (χ1) is 13.2. The van der Waals surface area contributed by atoms with Crippen LogP contribution in [0.1, 0.15) is 36.3 Å². The van der Waals surface area contributed by atoms with Gasteiger partial charge in [0, 0.05) is 31.0 Å². The summed E-state index contributed by atoms with van der Waals surface area (Å²) in [5.74, 6) is 0.0472. The summed E-state index contributed by atoms with van der Waals surface area (Å²) in [6, 6.07) is 8.94. The number of hydrogen-bond donors (Lipinski definition) is 3. The molecular formula is C19H25N5O3. The Kier molecular flexibility index (Phi) is 6.43. The molecule has 8 nitrogen and oxygen atoms in total. The normalized spacial score (nSPS) is 16.6. The molecule has 27 heavy (non-hydrogen) atoms. The zero-order valence-electron chi connectivity index (χ0n) is 15.4. The van der Waals surface area contributed by atoms with E-state index in [1.54, 1.807) is 30.3 Å². The van der Waals surface area contributed by atoms with E-state index >= 15 is 0 Å². The molecule has 1 unspecified atom stereocenters. The first kappa shape index (κ1) is 18.9. The maximum atomic E-state index is 12.5. The fraction of sp³-hybridized carbons (Fsp3) is 0.421. The Morgan fingerprint density at radius 3 is 3.04 bits per heavy atom. The van der Waals surface area contributed by atoms with E-state index in [0.717, 1.165) is 25.9 Å². The smallest absolute Gasteiger partial charge is 0.276 e. The van der Waals surface area contributed by atoms with Gasteiger partial charge in [0.05, 0.1) is 6.04 Å². The molecule has 1 fully saturated rings. The van der Waals surface area contributed by atoms with Crippen LogP contribution in [0.15, 0.2) is 36.5 Å². The number of nitrogens with zero attached hydrogens (tertiary/aromatic N) is 2. The van der Waals surface area contributed by atoms with Crippen molar-refractivity contribution in [3.63, 3.8) is 0 Å². The van der Waals surface area contributed by atoms with Crippen molar-refractivity contribution >= 4 is 17.5 Å². The summed E-state index contributed by atoms with van der Waals surface area (Å²) in [6.45, 7) is 4.24. The quantitative estimate of drug-likeness (QED) is 0.686. The van der Waals surface area contributed by atoms with Gasteiger partial charge < -0.3 is 20.7 Å². The maximum Gasteiger partial charge on any atom is 0.276 e. The fourth-order valence-electron chi connectivity index (χ4n) is 2.98. The molecule has 2 heterocycles. The molecule has 2 aromatic rings. The number of benzene rings is 1. The predicted octanol–water partition coefficient (Wildman–Crippen LogP) is 1.57. The van der Waals surface area contributed by atoms with E-state index in [9.17, 15) is 9.59 Å². The van der Waals surface area contributed by atoms with E-state index in [2.05, 4.69) is 21.0 Å². The minimum atomic E-state index is -0.279. The fourth-order valence-corrected chi connectivity index (χ4v) is 2.98. The van der Waals surface area contributed by atoms with E-state index < -0.39 is 0 Å². The molecule has 1 saturated heterocycles. The van der Waals surface area contributed by atoms with Crippen molar-refractivity contribution in [1.82, 2.24) is 20.4 Å². The van der Waals surface area contributed by atoms with Crippen LogP contribution in [0.25, 0.3) is 0 Å². The molecule has 3 rings (SSSR count). The van der Waals surface area contributed by atoms with Gasteiger partial charge in [-0.05, 0) is 44.5 Å². The van der Waals surface area contributed by atoms with E-state index in [-0.39, 0.29) is 24.5 Å². The van der Waals surface area contributed by atoms with Crippen LogP contribution < -0.4 is 20.7 Å². The van der Waals surface area contributed by atoms with Crippen LogP contribution in [0.2, 0.25) is 0 Å². The third-order valence-electron chi connectivity index (χ3n) is 4.32. The van der Waals surface area contributed by atoms with Crippen LogP contribution in [0.3, 0.4) is 0 Å². The second kappa shape index (κ2) is 9.18. The predicted molar refractivity (Wildman–Crippen MR) is 102 cm³/mol. The largest absolute Gasteiger partial charge is 0.484 e. The average Bonchev–Trinajstić information content (AvgIpc) is 3.18. The summed E-state index contributed by atoms with van der Waals surface area (Å²) in [6.07, 6.45) is 4.01. The number of aromatic nitrogens is 2. The average molecular weight is 371 g/mol. The van der Waals surface area contributed by atoms with E-state index in [1.165, 1.54) is 0 Å². The Bertz CT molecular complexity index is 783. The lowest BCUT2D eigenvalue weighted by Crippen LogP contribution is -2.32. The van der Waals surface area contributed by atoms with Gasteiger partial charge in [-0.3, -0.25) is 14.3 Å². The van der Waals surface area contributed by atoms with Crippen molar-refractivity contribution in [1.29, 1.82) is 0 Å². The van der Waals surface area contributed by atoms with Crippen molar-refractivity contribution in [2.24, 2.45) is 0 Å². The van der Waals surface area contributed by atoms with Gasteiger partial charge >= 0.3 is 0 Å². The number of anilines is 1. The molecule has 144 valence electrons. The first-order valence-electron chi connectivity index (χ1n) is 9.22. The summed E-state index contributed by atoms with van der Waals surface area (Å²) < 4.78 is 7.30. The van der Waals surface area contributed by atoms with Crippen molar-refractivity contribution in [2.45, 2.75) is 25.8 Å². The van der Waals surface area contributed by atoms with E-state index in [4.69, 9.17) is 4.74 Å². The van der Waals surface area contributed by atoms with Gasteiger partial charge in [0.1, 0.15) is 5.75 Å². The number of rotatable bonds is 7. The van der Waals surface area contributed by atoms with Crippen molar-refractivity contribution < 1.29 is 14.3 Å². The van der Waals surface area contributed by atoms with Crippen molar-refractivity contribution in [3.05, 3.63) is 42.2 Å². The Balaban J connectivity index is 1.58. The van der Waals surface area contributed by atoms with Gasteiger partial charge in [-0.25, -0.2) is 0 Å². The van der Waals surface area contributed by atoms with Crippen LogP contribution in [0, 0.1) is 0 Å². The first-order valence-corrected chi connectivity index (χ1v) is 9.22. The van der Waals surface area contributed by atoms with E-state index in [1.807, 2.05) is 17.8 Å². The van der Waals surface area contributed by atoms with Gasteiger partial charge in [-0.15, -0.1) is 0 Å². The summed E-state index contributed by atoms with van der Waals surface area (Å²) >= 11 is 0. The number of carbonyl (C=O) groups excluding carboxylic acids is 2. The minimum absolute atomic E-state index is 0.0644. The monoisotopic (exact) mass is 371 g/mol. The minimum Gasteiger partial charge on any atom is -0.484 e. The molecule has 2 amide bonds. The number of piperidine rings is 1. The maximum absolute atomic E-state index is 12.5. The zero-order valence-corrected chi connectivity index (χ0v) is 15.4. The third kappa shape index (κ3) is 5.30. The summed E-state index contributed by atoms with van der Waals surface area (Å²) in [5, 5.41) is 13.2. The molecule has 0 saturated carbocycles. The molecular weight excluding hydrogens is 346 g/mol. The Labute approximate surface area is 158 Å². The lowest BCUT2D eigenvalue weighted by molar-refractivity contribution is -0.122. The standard InChI is InChI=1S/C19H25N5O3/c1-2-21-18(25)13-27-16-7-3-5-14(11-16)22-19(26)17-8-10-24(23-17)15-6-4-9-20-12-15/h3,5,7-8,10-11,15,20H,2,4,6,9,12-13H2,1H3,(H,21,25)(H,22,26). The SMILES string of the molecule is CCNC(=O)COc1cccc(NC(=O)c2ccn(C3CCCNC3)n2)c1. The second-order valence-corrected chi connectivity index (χ2v) is 6.41. The van der Waals surface area contributed by atoms with Gasteiger partial charge in [0.15, 0.2) is 12.3 Å². The highest BCUT2D eigenvalue weighted by atomic mass is 16.5. The van der Waals surface area contributed by atoms with Crippen LogP contribution in [-0.4, -0.2) is 47.8 Å². The topological polar surface area (TPSA) is 97.3 Å². The molecule has 0 bridgehead atoms. The molecule has 1 atom stereocenters. The lowest BCUT2D eigenvalue weighted by Gasteiger charge is -2.22. The Morgan fingerprint density at radius 2 is 2.26 bits per heavy atom. The molecule has 0 radical (unpaired) electrons. The number of hydrogen-bond acceptors (Lipinski definition) is 5. The summed E-state index contributed by atoms with van der Waals surface area (Å²) in [5.41, 5.74) is 0.955. The van der Waals surface area contributed by atoms with Crippen LogP contribution in [-0.2, 0) is 4.79 Å². The Morgan fingerprint density at radius 1 is 1.37 bits per heavy atom. The molecule has 0 spiro atoms. The molecule has 1 aromatic carbocycles. The highest BCUT2D eigenvalue weighted by Crippen LogP contribution is 2.19. The van der Waals surface area contributed by atoms with Gasteiger partial charge in [-0.1, -0.05) is 6.07 Å². The Hall–Kier alpha value is -2.87. The second-order valence-electron chi connectivity index (χ2n) is 6.41. The number of ether oxygens (including phenoxy) is 1. The van der Waals surface area contributed by atoms with E-state index in [0.29, 0.717) is 23.7 Å². The van der Waals surface area contributed by atoms with Crippen LogP contribution in [0.5, 0.6) is 5.75 Å². The van der Waals surface area contributed by atoms with Gasteiger partial charge in [0.25, 0.3) is 11.8 Å². The highest BCUT2D eigenvalue weighted by Gasteiger charge is 2.18. The number of amides is 2. The molecule has 1 aliphatic rings. The third-order valence-corrected chi connectivity index (χ3v) is 4.32. The van der Waals surface area contributed by atoms with Crippen LogP contribution in [0.4, 0.5) is 5.69 Å². The molecule has 0 aliphatic carbocycles. The van der Waals surface area contributed by atoms with Crippen molar-refractivity contribution in [3.8, 4) is 5.75 Å². The number of carbonyl (C=O) groups is 2. The van der Waals surface area contributed by atoms with Crippen LogP contribution >= 0.6 is 0 Å². The summed E-state index contributed by atoms with van der Waals surface area (Å²) in [4.78, 5) is 23.9. The number of nitrogens with one attached hydrogen (secondary N) is 3.